The van der Waals surface area contributed by atoms with Gasteiger partial charge in [-0.15, -0.1) is 0 Å². The highest BCUT2D eigenvalue weighted by Crippen LogP contribution is 2.32. The summed E-state index contributed by atoms with van der Waals surface area (Å²) in [5, 5.41) is 0. The molecule has 0 spiro atoms. The molecule has 1 atom stereocenters. The third-order valence-corrected chi connectivity index (χ3v) is 3.18. The Bertz CT molecular complexity index is 480. The second-order valence-electron chi connectivity index (χ2n) is 4.63. The number of halogens is 3. The van der Waals surface area contributed by atoms with E-state index in [0.717, 1.165) is 5.56 Å². The lowest BCUT2D eigenvalue weighted by atomic mass is 10.1. The fourth-order valence-electron chi connectivity index (χ4n) is 2.15. The molecule has 0 saturated heterocycles. The lowest BCUT2D eigenvalue weighted by molar-refractivity contribution is -0.0944. The first kappa shape index (κ1) is 13.9. The highest BCUT2D eigenvalue weighted by molar-refractivity contribution is 5.50. The van der Waals surface area contributed by atoms with E-state index in [4.69, 9.17) is 5.73 Å². The van der Waals surface area contributed by atoms with Crippen molar-refractivity contribution < 1.29 is 13.2 Å². The van der Waals surface area contributed by atoms with E-state index in [9.17, 15) is 13.2 Å². The maximum Gasteiger partial charge on any atom is 0.412 e. The topological polar surface area (TPSA) is 42.1 Å². The molecule has 0 radical (unpaired) electrons. The number of nitrogens with zero attached hydrogens (tertiary/aromatic N) is 2. The molecular formula is C13H16F3N3. The first-order chi connectivity index (χ1) is 8.89. The fourth-order valence-corrected chi connectivity index (χ4v) is 2.15. The molecule has 0 aliphatic carbocycles. The van der Waals surface area contributed by atoms with E-state index < -0.39 is 11.7 Å². The highest BCUT2D eigenvalue weighted by atomic mass is 19.4. The summed E-state index contributed by atoms with van der Waals surface area (Å²) in [5.74, 6) is 0.676. The number of pyridine rings is 1. The van der Waals surface area contributed by atoms with Gasteiger partial charge in [-0.2, -0.15) is 13.2 Å². The summed E-state index contributed by atoms with van der Waals surface area (Å²) in [5.41, 5.74) is 6.25. The Morgan fingerprint density at radius 3 is 2.68 bits per heavy atom. The Labute approximate surface area is 109 Å². The first-order valence-electron chi connectivity index (χ1n) is 6.11. The quantitative estimate of drug-likeness (QED) is 0.841. The molecule has 6 heteroatoms. The number of aromatic nitrogens is 1. The number of rotatable bonds is 2. The number of anilines is 1. The summed E-state index contributed by atoms with van der Waals surface area (Å²) in [4.78, 5) is 6.07. The molecule has 0 saturated carbocycles. The van der Waals surface area contributed by atoms with Crippen LogP contribution in [0.1, 0.15) is 24.9 Å². The van der Waals surface area contributed by atoms with Crippen LogP contribution in [0.15, 0.2) is 30.0 Å². The summed E-state index contributed by atoms with van der Waals surface area (Å²) < 4.78 is 37.7. The van der Waals surface area contributed by atoms with Gasteiger partial charge in [0.05, 0.1) is 0 Å². The predicted molar refractivity (Wildman–Crippen MR) is 67.8 cm³/mol. The van der Waals surface area contributed by atoms with Crippen LogP contribution >= 0.6 is 0 Å². The molecule has 1 aliphatic heterocycles. The highest BCUT2D eigenvalue weighted by Gasteiger charge is 2.35. The number of nitrogens with two attached hydrogens (primary N) is 1. The largest absolute Gasteiger partial charge is 0.412 e. The third-order valence-electron chi connectivity index (χ3n) is 3.18. The van der Waals surface area contributed by atoms with Crippen LogP contribution < -0.4 is 10.6 Å². The van der Waals surface area contributed by atoms with Crippen molar-refractivity contribution in [3.8, 4) is 0 Å². The van der Waals surface area contributed by atoms with Crippen molar-refractivity contribution in [1.82, 2.24) is 4.98 Å². The van der Waals surface area contributed by atoms with E-state index in [1.807, 2.05) is 17.9 Å². The molecule has 1 aromatic heterocycles. The summed E-state index contributed by atoms with van der Waals surface area (Å²) in [7, 11) is 0. The molecule has 1 aromatic rings. The molecule has 0 amide bonds. The molecule has 3 nitrogen and oxygen atoms in total. The Balaban J connectivity index is 2.21. The van der Waals surface area contributed by atoms with Crippen molar-refractivity contribution >= 4 is 5.82 Å². The van der Waals surface area contributed by atoms with Crippen molar-refractivity contribution in [1.29, 1.82) is 0 Å². The smallest absolute Gasteiger partial charge is 0.352 e. The number of hydrogen-bond acceptors (Lipinski definition) is 3. The molecule has 2 N–H and O–H groups in total. The summed E-state index contributed by atoms with van der Waals surface area (Å²) in [6, 6.07) is 3.44. The number of alkyl halides is 3. The van der Waals surface area contributed by atoms with Gasteiger partial charge in [-0.3, -0.25) is 0 Å². The molecule has 0 aromatic carbocycles. The van der Waals surface area contributed by atoms with Crippen LogP contribution in [-0.2, 0) is 0 Å². The van der Waals surface area contributed by atoms with Gasteiger partial charge in [-0.1, -0.05) is 12.1 Å². The minimum atomic E-state index is -4.22. The Kier molecular flexibility index (Phi) is 3.80. The van der Waals surface area contributed by atoms with Crippen molar-refractivity contribution in [3.63, 3.8) is 0 Å². The van der Waals surface area contributed by atoms with Crippen LogP contribution in [0.3, 0.4) is 0 Å². The summed E-state index contributed by atoms with van der Waals surface area (Å²) in [6.45, 7) is 2.36. The Morgan fingerprint density at radius 1 is 1.42 bits per heavy atom. The van der Waals surface area contributed by atoms with E-state index in [1.165, 1.54) is 6.08 Å². The standard InChI is InChI=1S/C13H16F3N3/c1-9(17)11-3-2-6-18-12(11)19-7-4-10(5-8-19)13(14,15)16/h2-4,6,9H,5,7-8,17H2,1H3. The van der Waals surface area contributed by atoms with Gasteiger partial charge in [-0.05, 0) is 19.4 Å². The molecule has 0 bridgehead atoms. The second-order valence-corrected chi connectivity index (χ2v) is 4.63. The molecule has 2 heterocycles. The van der Waals surface area contributed by atoms with Gasteiger partial charge >= 0.3 is 6.18 Å². The lowest BCUT2D eigenvalue weighted by Crippen LogP contribution is -2.33. The molecule has 1 aliphatic rings. The summed E-state index contributed by atoms with van der Waals surface area (Å²) in [6.07, 6.45) is -1.38. The maximum atomic E-state index is 12.6. The summed E-state index contributed by atoms with van der Waals surface area (Å²) >= 11 is 0. The SMILES string of the molecule is CC(N)c1cccnc1N1CC=C(C(F)(F)F)CC1. The normalized spacial score (nSPS) is 18.2. The Hall–Kier alpha value is -1.56. The average molecular weight is 271 g/mol. The van der Waals surface area contributed by atoms with Crippen LogP contribution in [0.2, 0.25) is 0 Å². The Morgan fingerprint density at radius 2 is 2.16 bits per heavy atom. The molecule has 1 unspecified atom stereocenters. The van der Waals surface area contributed by atoms with E-state index in [-0.39, 0.29) is 19.0 Å². The van der Waals surface area contributed by atoms with Gasteiger partial charge in [-0.25, -0.2) is 4.98 Å². The van der Waals surface area contributed by atoms with Crippen LogP contribution in [0.4, 0.5) is 19.0 Å². The second kappa shape index (κ2) is 5.21. The van der Waals surface area contributed by atoms with E-state index in [1.54, 1.807) is 12.3 Å². The first-order valence-corrected chi connectivity index (χ1v) is 6.11. The minimum Gasteiger partial charge on any atom is -0.352 e. The van der Waals surface area contributed by atoms with Crippen LogP contribution in [0, 0.1) is 0 Å². The van der Waals surface area contributed by atoms with Crippen LogP contribution in [-0.4, -0.2) is 24.2 Å². The number of hydrogen-bond donors (Lipinski definition) is 1. The van der Waals surface area contributed by atoms with Crippen LogP contribution in [0.5, 0.6) is 0 Å². The van der Waals surface area contributed by atoms with Crippen molar-refractivity contribution in [2.75, 3.05) is 18.0 Å². The average Bonchev–Trinajstić information content (AvgIpc) is 2.38. The monoisotopic (exact) mass is 271 g/mol. The van der Waals surface area contributed by atoms with Gasteiger partial charge in [0.25, 0.3) is 0 Å². The molecule has 0 fully saturated rings. The van der Waals surface area contributed by atoms with Crippen molar-refractivity contribution in [2.24, 2.45) is 5.73 Å². The van der Waals surface area contributed by atoms with Gasteiger partial charge in [0, 0.05) is 36.5 Å². The van der Waals surface area contributed by atoms with Gasteiger partial charge < -0.3 is 10.6 Å². The van der Waals surface area contributed by atoms with Gasteiger partial charge in [0.1, 0.15) is 5.82 Å². The fraction of sp³-hybridized carbons (Fsp3) is 0.462. The van der Waals surface area contributed by atoms with Crippen molar-refractivity contribution in [3.05, 3.63) is 35.5 Å². The molecule has 2 rings (SSSR count). The predicted octanol–water partition coefficient (Wildman–Crippen LogP) is 2.80. The zero-order chi connectivity index (χ0) is 14.0. The van der Waals surface area contributed by atoms with E-state index in [2.05, 4.69) is 4.98 Å². The third kappa shape index (κ3) is 3.07. The maximum absolute atomic E-state index is 12.6. The van der Waals surface area contributed by atoms with E-state index in [0.29, 0.717) is 12.4 Å². The molecular weight excluding hydrogens is 255 g/mol. The van der Waals surface area contributed by atoms with Crippen molar-refractivity contribution in [2.45, 2.75) is 25.6 Å². The minimum absolute atomic E-state index is 0.0154. The zero-order valence-corrected chi connectivity index (χ0v) is 10.6. The van der Waals surface area contributed by atoms with Gasteiger partial charge in [0.15, 0.2) is 0 Å². The van der Waals surface area contributed by atoms with Gasteiger partial charge in [0.2, 0.25) is 0 Å². The zero-order valence-electron chi connectivity index (χ0n) is 10.6. The molecule has 104 valence electrons. The lowest BCUT2D eigenvalue weighted by Gasteiger charge is -2.30. The van der Waals surface area contributed by atoms with Crippen LogP contribution in [0.25, 0.3) is 0 Å². The molecule has 19 heavy (non-hydrogen) atoms. The van der Waals surface area contributed by atoms with E-state index >= 15 is 0 Å².